The van der Waals surface area contributed by atoms with Crippen LogP contribution in [0.1, 0.15) is 25.6 Å². The van der Waals surface area contributed by atoms with Gasteiger partial charge in [0.1, 0.15) is 17.4 Å². The summed E-state index contributed by atoms with van der Waals surface area (Å²) >= 11 is 12.7. The number of thiophene rings is 1. The number of hydrogen-bond acceptors (Lipinski definition) is 7. The van der Waals surface area contributed by atoms with Gasteiger partial charge in [0.15, 0.2) is 6.61 Å². The van der Waals surface area contributed by atoms with Crippen molar-refractivity contribution in [3.05, 3.63) is 44.2 Å². The van der Waals surface area contributed by atoms with E-state index in [0.29, 0.717) is 10.6 Å². The summed E-state index contributed by atoms with van der Waals surface area (Å²) in [5.41, 5.74) is 5.72. The van der Waals surface area contributed by atoms with Gasteiger partial charge in [0.25, 0.3) is 11.8 Å². The summed E-state index contributed by atoms with van der Waals surface area (Å²) in [7, 11) is 1.47. The van der Waals surface area contributed by atoms with E-state index in [1.165, 1.54) is 19.2 Å². The van der Waals surface area contributed by atoms with Crippen molar-refractivity contribution in [2.75, 3.05) is 32.2 Å². The molecule has 0 aliphatic rings. The highest BCUT2D eigenvalue weighted by Gasteiger charge is 2.26. The van der Waals surface area contributed by atoms with Gasteiger partial charge in [0.2, 0.25) is 0 Å². The molecule has 0 aliphatic carbocycles. The van der Waals surface area contributed by atoms with E-state index >= 15 is 0 Å². The summed E-state index contributed by atoms with van der Waals surface area (Å²) in [6, 6.07) is 4.57. The summed E-state index contributed by atoms with van der Waals surface area (Å²) < 4.78 is 15.3. The number of esters is 1. The fourth-order valence-corrected chi connectivity index (χ4v) is 3.80. The molecule has 0 aliphatic heterocycles. The lowest BCUT2D eigenvalue weighted by atomic mass is 10.1. The third kappa shape index (κ3) is 6.07. The highest BCUT2D eigenvalue weighted by atomic mass is 35.5. The first-order valence-corrected chi connectivity index (χ1v) is 9.78. The number of methoxy groups -OCH3 is 1. The van der Waals surface area contributed by atoms with Crippen LogP contribution in [-0.4, -0.2) is 44.7 Å². The zero-order valence-electron chi connectivity index (χ0n) is 15.5. The summed E-state index contributed by atoms with van der Waals surface area (Å²) in [5, 5.41) is 3.35. The molecule has 2 aromatic rings. The Morgan fingerprint density at radius 2 is 1.93 bits per heavy atom. The normalized spacial score (nSPS) is 10.5. The largest absolute Gasteiger partial charge is 0.482 e. The zero-order valence-corrected chi connectivity index (χ0v) is 17.9. The molecule has 1 aromatic heterocycles. The van der Waals surface area contributed by atoms with Crippen LogP contribution in [0.2, 0.25) is 10.0 Å². The van der Waals surface area contributed by atoms with Gasteiger partial charge in [-0.1, -0.05) is 23.2 Å². The maximum atomic E-state index is 12.4. The predicted octanol–water partition coefficient (Wildman–Crippen LogP) is 3.28. The van der Waals surface area contributed by atoms with Gasteiger partial charge in [0.05, 0.1) is 22.1 Å². The van der Waals surface area contributed by atoms with Gasteiger partial charge in [-0.3, -0.25) is 9.59 Å². The second kappa shape index (κ2) is 10.4. The Hall–Kier alpha value is -2.33. The number of benzene rings is 1. The number of nitrogens with one attached hydrogen (secondary N) is 1. The zero-order chi connectivity index (χ0) is 21.6. The van der Waals surface area contributed by atoms with Crippen molar-refractivity contribution < 1.29 is 28.6 Å². The van der Waals surface area contributed by atoms with Crippen LogP contribution >= 0.6 is 34.5 Å². The van der Waals surface area contributed by atoms with Crippen LogP contribution in [0.5, 0.6) is 5.75 Å². The van der Waals surface area contributed by atoms with E-state index in [9.17, 15) is 14.4 Å². The molecule has 1 heterocycles. The van der Waals surface area contributed by atoms with Gasteiger partial charge in [-0.2, -0.15) is 0 Å². The van der Waals surface area contributed by atoms with E-state index < -0.39 is 17.8 Å². The molecular formula is C18H18Cl2N2O6S. The molecule has 156 valence electrons. The van der Waals surface area contributed by atoms with Crippen LogP contribution < -0.4 is 15.8 Å². The van der Waals surface area contributed by atoms with E-state index in [0.717, 1.165) is 11.3 Å². The molecule has 0 saturated carbocycles. The molecule has 3 N–H and O–H groups in total. The van der Waals surface area contributed by atoms with Crippen LogP contribution in [0, 0.1) is 6.92 Å². The van der Waals surface area contributed by atoms with Crippen LogP contribution in [0.25, 0.3) is 0 Å². The minimum absolute atomic E-state index is 0.0160. The molecule has 0 unspecified atom stereocenters. The van der Waals surface area contributed by atoms with Crippen molar-refractivity contribution >= 4 is 57.3 Å². The molecule has 0 fully saturated rings. The maximum Gasteiger partial charge on any atom is 0.341 e. The Kier molecular flexibility index (Phi) is 8.27. The van der Waals surface area contributed by atoms with Crippen LogP contribution in [-0.2, 0) is 14.3 Å². The molecule has 0 bridgehead atoms. The van der Waals surface area contributed by atoms with Gasteiger partial charge >= 0.3 is 5.97 Å². The van der Waals surface area contributed by atoms with E-state index in [2.05, 4.69) is 5.32 Å². The summed E-state index contributed by atoms with van der Waals surface area (Å²) in [4.78, 5) is 36.5. The van der Waals surface area contributed by atoms with Gasteiger partial charge in [-0.15, -0.1) is 11.3 Å². The molecule has 1 aromatic carbocycles. The van der Waals surface area contributed by atoms with Crippen molar-refractivity contribution in [3.63, 3.8) is 0 Å². The van der Waals surface area contributed by atoms with Gasteiger partial charge in [-0.05, 0) is 30.7 Å². The molecule has 0 spiro atoms. The molecule has 2 rings (SSSR count). The first kappa shape index (κ1) is 23.0. The van der Waals surface area contributed by atoms with E-state index in [-0.39, 0.29) is 46.0 Å². The molecule has 8 nitrogen and oxygen atoms in total. The average molecular weight is 461 g/mol. The van der Waals surface area contributed by atoms with E-state index in [4.69, 9.17) is 43.1 Å². The van der Waals surface area contributed by atoms with Crippen molar-refractivity contribution in [1.29, 1.82) is 0 Å². The Morgan fingerprint density at radius 3 is 2.55 bits per heavy atom. The number of nitrogens with two attached hydrogens (primary N) is 1. The third-order valence-electron chi connectivity index (χ3n) is 3.60. The summed E-state index contributed by atoms with van der Waals surface area (Å²) in [6.07, 6.45) is 0. The fourth-order valence-electron chi connectivity index (χ4n) is 2.27. The maximum absolute atomic E-state index is 12.4. The van der Waals surface area contributed by atoms with Gasteiger partial charge in [0, 0.05) is 12.1 Å². The Balaban J connectivity index is 2.15. The van der Waals surface area contributed by atoms with Crippen molar-refractivity contribution in [2.24, 2.45) is 5.73 Å². The Morgan fingerprint density at radius 1 is 1.21 bits per heavy atom. The number of carbonyl (C=O) groups is 3. The number of anilines is 1. The highest BCUT2D eigenvalue weighted by Crippen LogP contribution is 2.33. The lowest BCUT2D eigenvalue weighted by Crippen LogP contribution is -2.21. The van der Waals surface area contributed by atoms with Gasteiger partial charge in [-0.25, -0.2) is 4.79 Å². The summed E-state index contributed by atoms with van der Waals surface area (Å²) in [6.45, 7) is 1.38. The number of primary amides is 1. The van der Waals surface area contributed by atoms with Crippen molar-refractivity contribution in [3.8, 4) is 5.75 Å². The monoisotopic (exact) mass is 460 g/mol. The molecular weight excluding hydrogens is 443 g/mol. The number of ether oxygens (including phenoxy) is 3. The fraction of sp³-hybridized carbons (Fsp3) is 0.278. The van der Waals surface area contributed by atoms with Crippen molar-refractivity contribution in [2.45, 2.75) is 6.92 Å². The SMILES string of the molecule is COCCOC(=O)c1c(NC(=O)COc2ccc(Cl)cc2Cl)sc(C(N)=O)c1C. The van der Waals surface area contributed by atoms with E-state index in [1.54, 1.807) is 13.0 Å². The molecule has 11 heteroatoms. The lowest BCUT2D eigenvalue weighted by molar-refractivity contribution is -0.118. The number of rotatable bonds is 9. The minimum Gasteiger partial charge on any atom is -0.482 e. The smallest absolute Gasteiger partial charge is 0.341 e. The van der Waals surface area contributed by atoms with Crippen molar-refractivity contribution in [1.82, 2.24) is 0 Å². The number of carbonyl (C=O) groups excluding carboxylic acids is 3. The average Bonchev–Trinajstić information content (AvgIpc) is 2.97. The first-order chi connectivity index (χ1) is 13.7. The summed E-state index contributed by atoms with van der Waals surface area (Å²) in [5.74, 6) is -1.73. The Labute approximate surface area is 180 Å². The predicted molar refractivity (Wildman–Crippen MR) is 110 cm³/mol. The quantitative estimate of drug-likeness (QED) is 0.437. The molecule has 29 heavy (non-hydrogen) atoms. The third-order valence-corrected chi connectivity index (χ3v) is 5.35. The number of amides is 2. The van der Waals surface area contributed by atoms with Crippen LogP contribution in [0.4, 0.5) is 5.00 Å². The number of hydrogen-bond donors (Lipinski definition) is 2. The molecule has 0 radical (unpaired) electrons. The van der Waals surface area contributed by atoms with Crippen LogP contribution in [0.15, 0.2) is 18.2 Å². The minimum atomic E-state index is -0.719. The number of halogens is 2. The molecule has 0 saturated heterocycles. The topological polar surface area (TPSA) is 117 Å². The Bertz CT molecular complexity index is 931. The standard InChI is InChI=1S/C18H18Cl2N2O6S/c1-9-14(18(25)27-6-5-26-2)17(29-15(9)16(21)24)22-13(23)8-28-12-4-3-10(19)7-11(12)20/h3-4,7H,5-6,8H2,1-2H3,(H2,21,24)(H,22,23). The van der Waals surface area contributed by atoms with Crippen LogP contribution in [0.3, 0.4) is 0 Å². The molecule has 0 atom stereocenters. The highest BCUT2D eigenvalue weighted by molar-refractivity contribution is 7.18. The second-order valence-corrected chi connectivity index (χ2v) is 7.53. The second-order valence-electron chi connectivity index (χ2n) is 5.66. The van der Waals surface area contributed by atoms with Gasteiger partial charge < -0.3 is 25.3 Å². The molecule has 2 amide bonds. The lowest BCUT2D eigenvalue weighted by Gasteiger charge is -2.10. The van der Waals surface area contributed by atoms with E-state index in [1.807, 2.05) is 0 Å². The first-order valence-electron chi connectivity index (χ1n) is 8.21.